The van der Waals surface area contributed by atoms with Crippen molar-refractivity contribution in [2.45, 2.75) is 24.3 Å². The normalized spacial score (nSPS) is 14.5. The zero-order chi connectivity index (χ0) is 22.9. The third-order valence-corrected chi connectivity index (χ3v) is 6.87. The molecular formula is C21H24N6O4S. The Bertz CT molecular complexity index is 1310. The van der Waals surface area contributed by atoms with Gasteiger partial charge in [-0.2, -0.15) is 15.2 Å². The number of ether oxygens (including phenoxy) is 2. The Morgan fingerprint density at radius 1 is 1.22 bits per heavy atom. The Labute approximate surface area is 186 Å². The topological polar surface area (TPSA) is 123 Å². The molecule has 11 heteroatoms. The van der Waals surface area contributed by atoms with Crippen LogP contribution in [0.1, 0.15) is 23.9 Å². The molecule has 10 nitrogen and oxygen atoms in total. The quantitative estimate of drug-likeness (QED) is 0.509. The molecule has 168 valence electrons. The number of aryl methyl sites for hydroxylation is 2. The first-order chi connectivity index (χ1) is 15.4. The number of nitrogens with zero attached hydrogens (tertiary/aromatic N) is 6. The minimum absolute atomic E-state index is 0.258. The van der Waals surface area contributed by atoms with Crippen LogP contribution in [-0.4, -0.2) is 61.3 Å². The molecule has 4 rings (SSSR count). The summed E-state index contributed by atoms with van der Waals surface area (Å²) in [4.78, 5) is 15.5. The zero-order valence-electron chi connectivity index (χ0n) is 18.2. The van der Waals surface area contributed by atoms with E-state index in [0.717, 1.165) is 5.82 Å². The van der Waals surface area contributed by atoms with Crippen molar-refractivity contribution in [3.63, 3.8) is 0 Å². The average molecular weight is 457 g/mol. The van der Waals surface area contributed by atoms with E-state index in [0.29, 0.717) is 61.0 Å². The van der Waals surface area contributed by atoms with E-state index in [-0.39, 0.29) is 16.5 Å². The third kappa shape index (κ3) is 3.99. The smallest absolute Gasteiger partial charge is 0.251 e. The van der Waals surface area contributed by atoms with Crippen LogP contribution < -0.4 is 9.64 Å². The maximum atomic E-state index is 13.3. The molecular weight excluding hydrogens is 432 g/mol. The van der Waals surface area contributed by atoms with Crippen molar-refractivity contribution >= 4 is 26.8 Å². The predicted octanol–water partition coefficient (Wildman–Crippen LogP) is 1.62. The SMILES string of the molecule is CCc1nc2c(N3CCOCC3)nc(S(=O)(=O)Cc3ccc(OC)c(C#N)c3)nc2n1C. The molecule has 3 aromatic rings. The largest absolute Gasteiger partial charge is 0.495 e. The van der Waals surface area contributed by atoms with Crippen LogP contribution in [0.5, 0.6) is 5.75 Å². The van der Waals surface area contributed by atoms with Crippen LogP contribution >= 0.6 is 0 Å². The number of hydrogen-bond acceptors (Lipinski definition) is 9. The molecule has 1 fully saturated rings. The Morgan fingerprint density at radius 3 is 2.62 bits per heavy atom. The number of fused-ring (bicyclic) bond motifs is 1. The van der Waals surface area contributed by atoms with Gasteiger partial charge in [0, 0.05) is 26.6 Å². The number of hydrogen-bond donors (Lipinski definition) is 0. The Hall–Kier alpha value is -3.23. The molecule has 0 radical (unpaired) electrons. The van der Waals surface area contributed by atoms with Crippen molar-refractivity contribution in [1.82, 2.24) is 19.5 Å². The standard InChI is InChI=1S/C21H24N6O4S/c1-4-17-23-18-19(26(17)2)24-21(25-20(18)27-7-9-31-10-8-27)32(28,29)13-14-5-6-16(30-3)15(11-14)12-22/h5-6,11H,4,7-10,13H2,1-3H3. The first kappa shape index (κ1) is 22.0. The third-order valence-electron chi connectivity index (χ3n) is 5.42. The highest BCUT2D eigenvalue weighted by molar-refractivity contribution is 7.90. The van der Waals surface area contributed by atoms with Crippen LogP contribution in [0.25, 0.3) is 11.2 Å². The number of sulfone groups is 1. The average Bonchev–Trinajstić information content (AvgIpc) is 3.14. The number of rotatable bonds is 6. The van der Waals surface area contributed by atoms with E-state index >= 15 is 0 Å². The fourth-order valence-corrected chi connectivity index (χ4v) is 4.94. The lowest BCUT2D eigenvalue weighted by atomic mass is 10.1. The fourth-order valence-electron chi connectivity index (χ4n) is 3.74. The van der Waals surface area contributed by atoms with Gasteiger partial charge in [-0.05, 0) is 17.7 Å². The molecule has 0 N–H and O–H groups in total. The van der Waals surface area contributed by atoms with Gasteiger partial charge in [-0.3, -0.25) is 0 Å². The molecule has 0 amide bonds. The van der Waals surface area contributed by atoms with E-state index in [1.165, 1.54) is 13.2 Å². The molecule has 0 aliphatic carbocycles. The number of anilines is 1. The van der Waals surface area contributed by atoms with Crippen molar-refractivity contribution in [1.29, 1.82) is 5.26 Å². The van der Waals surface area contributed by atoms with Crippen molar-refractivity contribution in [3.8, 4) is 11.8 Å². The lowest BCUT2D eigenvalue weighted by Gasteiger charge is -2.28. The summed E-state index contributed by atoms with van der Waals surface area (Å²) < 4.78 is 39.0. The molecule has 0 saturated carbocycles. The molecule has 32 heavy (non-hydrogen) atoms. The highest BCUT2D eigenvalue weighted by Crippen LogP contribution is 2.28. The molecule has 1 aliphatic heterocycles. The molecule has 1 saturated heterocycles. The zero-order valence-corrected chi connectivity index (χ0v) is 19.0. The highest BCUT2D eigenvalue weighted by atomic mass is 32.2. The van der Waals surface area contributed by atoms with Crippen LogP contribution in [0.3, 0.4) is 0 Å². The lowest BCUT2D eigenvalue weighted by molar-refractivity contribution is 0.122. The van der Waals surface area contributed by atoms with Crippen molar-refractivity contribution in [3.05, 3.63) is 35.2 Å². The van der Waals surface area contributed by atoms with Crippen molar-refractivity contribution in [2.75, 3.05) is 38.3 Å². The van der Waals surface area contributed by atoms with E-state index in [1.807, 2.05) is 24.9 Å². The van der Waals surface area contributed by atoms with Gasteiger partial charge in [0.05, 0.1) is 31.6 Å². The van der Waals surface area contributed by atoms with Crippen LogP contribution in [0.2, 0.25) is 0 Å². The predicted molar refractivity (Wildman–Crippen MR) is 117 cm³/mol. The van der Waals surface area contributed by atoms with Gasteiger partial charge < -0.3 is 18.9 Å². The molecule has 0 spiro atoms. The Morgan fingerprint density at radius 2 is 1.97 bits per heavy atom. The van der Waals surface area contributed by atoms with E-state index < -0.39 is 9.84 Å². The summed E-state index contributed by atoms with van der Waals surface area (Å²) in [6.07, 6.45) is 0.681. The summed E-state index contributed by atoms with van der Waals surface area (Å²) in [5.74, 6) is 1.35. The van der Waals surface area contributed by atoms with Crippen molar-refractivity contribution in [2.24, 2.45) is 7.05 Å². The van der Waals surface area contributed by atoms with Gasteiger partial charge in [-0.25, -0.2) is 13.4 Å². The highest BCUT2D eigenvalue weighted by Gasteiger charge is 2.27. The van der Waals surface area contributed by atoms with E-state index in [1.54, 1.807) is 16.7 Å². The van der Waals surface area contributed by atoms with Crippen molar-refractivity contribution < 1.29 is 17.9 Å². The summed E-state index contributed by atoms with van der Waals surface area (Å²) in [5.41, 5.74) is 1.79. The molecule has 0 bridgehead atoms. The minimum Gasteiger partial charge on any atom is -0.495 e. The summed E-state index contributed by atoms with van der Waals surface area (Å²) in [6.45, 7) is 4.23. The molecule has 1 aromatic carbocycles. The van der Waals surface area contributed by atoms with Gasteiger partial charge in [0.1, 0.15) is 17.6 Å². The maximum absolute atomic E-state index is 13.3. The van der Waals surface area contributed by atoms with E-state index in [4.69, 9.17) is 9.47 Å². The van der Waals surface area contributed by atoms with Gasteiger partial charge in [-0.15, -0.1) is 0 Å². The monoisotopic (exact) mass is 456 g/mol. The van der Waals surface area contributed by atoms with Gasteiger partial charge in [-0.1, -0.05) is 13.0 Å². The number of nitriles is 1. The van der Waals surface area contributed by atoms with Crippen LogP contribution in [0.4, 0.5) is 5.82 Å². The first-order valence-electron chi connectivity index (χ1n) is 10.2. The summed E-state index contributed by atoms with van der Waals surface area (Å²) >= 11 is 0. The minimum atomic E-state index is -3.90. The molecule has 0 unspecified atom stereocenters. The van der Waals surface area contributed by atoms with Crippen LogP contribution in [0, 0.1) is 11.3 Å². The maximum Gasteiger partial charge on any atom is 0.251 e. The summed E-state index contributed by atoms with van der Waals surface area (Å²) in [7, 11) is -0.614. The second-order valence-corrected chi connectivity index (χ2v) is 9.33. The first-order valence-corrected chi connectivity index (χ1v) is 11.9. The van der Waals surface area contributed by atoms with Gasteiger partial charge in [0.15, 0.2) is 17.0 Å². The van der Waals surface area contributed by atoms with Gasteiger partial charge in [0.2, 0.25) is 9.84 Å². The molecule has 0 atom stereocenters. The van der Waals surface area contributed by atoms with Crippen LogP contribution in [-0.2, 0) is 33.8 Å². The Kier molecular flexibility index (Phi) is 5.99. The second kappa shape index (κ2) is 8.72. The molecule has 1 aliphatic rings. The fraction of sp³-hybridized carbons (Fsp3) is 0.429. The number of methoxy groups -OCH3 is 1. The summed E-state index contributed by atoms with van der Waals surface area (Å²) in [5, 5.41) is 9.06. The number of aromatic nitrogens is 4. The number of imidazole rings is 1. The van der Waals surface area contributed by atoms with Gasteiger partial charge in [0.25, 0.3) is 5.16 Å². The number of benzene rings is 1. The van der Waals surface area contributed by atoms with Gasteiger partial charge >= 0.3 is 0 Å². The van der Waals surface area contributed by atoms with E-state index in [2.05, 4.69) is 15.0 Å². The van der Waals surface area contributed by atoms with Crippen LogP contribution in [0.15, 0.2) is 23.4 Å². The Balaban J connectivity index is 1.80. The molecule has 3 heterocycles. The lowest BCUT2D eigenvalue weighted by Crippen LogP contribution is -2.37. The molecule has 2 aromatic heterocycles. The summed E-state index contributed by atoms with van der Waals surface area (Å²) in [6, 6.07) is 6.74. The van der Waals surface area contributed by atoms with E-state index in [9.17, 15) is 13.7 Å². The second-order valence-electron chi connectivity index (χ2n) is 7.45. The number of morpholine rings is 1.